The van der Waals surface area contributed by atoms with Gasteiger partial charge < -0.3 is 9.32 Å². The van der Waals surface area contributed by atoms with E-state index in [2.05, 4.69) is 15.9 Å². The lowest BCUT2D eigenvalue weighted by Gasteiger charge is -2.25. The third kappa shape index (κ3) is 3.35. The molecule has 1 amide bonds. The number of benzene rings is 3. The maximum Gasteiger partial charge on any atom is 0.291 e. The van der Waals surface area contributed by atoms with Crippen molar-refractivity contribution in [2.45, 2.75) is 26.4 Å². The zero-order valence-electron chi connectivity index (χ0n) is 17.5. The van der Waals surface area contributed by atoms with E-state index in [0.717, 1.165) is 26.7 Å². The summed E-state index contributed by atoms with van der Waals surface area (Å²) in [5.41, 5.74) is 3.91. The molecule has 3 aromatic carbocycles. The van der Waals surface area contributed by atoms with Crippen LogP contribution in [0.2, 0.25) is 0 Å². The Balaban J connectivity index is 1.74. The van der Waals surface area contributed by atoms with E-state index in [1.54, 1.807) is 23.1 Å². The van der Waals surface area contributed by atoms with E-state index in [4.69, 9.17) is 4.42 Å². The second-order valence-electron chi connectivity index (χ2n) is 8.15. The van der Waals surface area contributed by atoms with Crippen LogP contribution in [0.3, 0.4) is 0 Å². The molecule has 0 radical (unpaired) electrons. The van der Waals surface area contributed by atoms with Gasteiger partial charge in [0, 0.05) is 11.0 Å². The molecule has 6 heteroatoms. The van der Waals surface area contributed by atoms with Gasteiger partial charge in [-0.2, -0.15) is 0 Å². The molecule has 1 aromatic heterocycles. The third-order valence-corrected chi connectivity index (χ3v) is 6.38. The quantitative estimate of drug-likeness (QED) is 0.350. The summed E-state index contributed by atoms with van der Waals surface area (Å²) >= 11 is 3.44. The predicted octanol–water partition coefficient (Wildman–Crippen LogP) is 6.06. The molecule has 0 spiro atoms. The minimum atomic E-state index is -0.600. The van der Waals surface area contributed by atoms with Gasteiger partial charge >= 0.3 is 0 Å². The van der Waals surface area contributed by atoms with Crippen molar-refractivity contribution in [2.24, 2.45) is 0 Å². The van der Waals surface area contributed by atoms with Crippen molar-refractivity contribution in [1.82, 2.24) is 4.90 Å². The number of amides is 1. The minimum absolute atomic E-state index is 0.0736. The van der Waals surface area contributed by atoms with Crippen LogP contribution in [0, 0.1) is 19.7 Å². The second kappa shape index (κ2) is 7.71. The normalized spacial score (nSPS) is 15.4. The first kappa shape index (κ1) is 20.6. The first-order chi connectivity index (χ1) is 15.3. The molecule has 0 N–H and O–H groups in total. The number of carbonyl (C=O) groups is 1. The number of hydrogen-bond donors (Lipinski definition) is 0. The molecule has 0 bridgehead atoms. The molecule has 5 rings (SSSR count). The molecular weight excluding hydrogens is 473 g/mol. The van der Waals surface area contributed by atoms with Crippen LogP contribution in [0.25, 0.3) is 11.0 Å². The standard InChI is InChI=1S/C26H19BrFNO3/c1-14-11-15(2)24-20(12-14)23(30)21-22(17-5-7-18(27)8-6-17)29(26(31)25(21)32-24)13-16-3-9-19(28)10-4-16/h3-12,22H,13H2,1-2H3. The van der Waals surface area contributed by atoms with Crippen LogP contribution in [0.1, 0.15) is 44.4 Å². The molecule has 4 nitrogen and oxygen atoms in total. The van der Waals surface area contributed by atoms with E-state index < -0.39 is 6.04 Å². The predicted molar refractivity (Wildman–Crippen MR) is 124 cm³/mol. The fourth-order valence-corrected chi connectivity index (χ4v) is 4.68. The Bertz CT molecular complexity index is 1430. The lowest BCUT2D eigenvalue weighted by Crippen LogP contribution is -2.29. The molecule has 2 heterocycles. The van der Waals surface area contributed by atoms with Crippen molar-refractivity contribution in [2.75, 3.05) is 0 Å². The van der Waals surface area contributed by atoms with E-state index in [-0.39, 0.29) is 29.5 Å². The van der Waals surface area contributed by atoms with E-state index in [0.29, 0.717) is 16.5 Å². The first-order valence-electron chi connectivity index (χ1n) is 10.2. The van der Waals surface area contributed by atoms with Gasteiger partial charge in [-0.3, -0.25) is 9.59 Å². The average molecular weight is 492 g/mol. The van der Waals surface area contributed by atoms with Gasteiger partial charge in [-0.15, -0.1) is 0 Å². The van der Waals surface area contributed by atoms with Gasteiger partial charge in [-0.05, 0) is 66.4 Å². The summed E-state index contributed by atoms with van der Waals surface area (Å²) in [4.78, 5) is 28.8. The molecule has 1 unspecified atom stereocenters. The number of fused-ring (bicyclic) bond motifs is 2. The number of hydrogen-bond acceptors (Lipinski definition) is 3. The number of rotatable bonds is 3. The van der Waals surface area contributed by atoms with Crippen LogP contribution in [0.4, 0.5) is 4.39 Å². The average Bonchev–Trinajstić information content (AvgIpc) is 3.03. The molecule has 1 aliphatic heterocycles. The van der Waals surface area contributed by atoms with E-state index in [1.807, 2.05) is 44.2 Å². The van der Waals surface area contributed by atoms with Crippen LogP contribution in [-0.4, -0.2) is 10.8 Å². The van der Waals surface area contributed by atoms with Crippen LogP contribution >= 0.6 is 15.9 Å². The van der Waals surface area contributed by atoms with Crippen LogP contribution in [0.15, 0.2) is 74.3 Å². The maximum absolute atomic E-state index is 13.7. The Kier molecular flexibility index (Phi) is 4.97. The molecule has 1 atom stereocenters. The van der Waals surface area contributed by atoms with Crippen molar-refractivity contribution >= 4 is 32.8 Å². The highest BCUT2D eigenvalue weighted by Crippen LogP contribution is 2.39. The van der Waals surface area contributed by atoms with Gasteiger partial charge in [0.2, 0.25) is 5.76 Å². The van der Waals surface area contributed by atoms with Crippen LogP contribution < -0.4 is 5.43 Å². The highest BCUT2D eigenvalue weighted by molar-refractivity contribution is 9.10. The van der Waals surface area contributed by atoms with Gasteiger partial charge in [0.15, 0.2) is 5.43 Å². The zero-order valence-corrected chi connectivity index (χ0v) is 19.1. The summed E-state index contributed by atoms with van der Waals surface area (Å²) in [6.07, 6.45) is 0. The molecular formula is C26H19BrFNO3. The molecule has 0 fully saturated rings. The molecule has 160 valence electrons. The van der Waals surface area contributed by atoms with Gasteiger partial charge in [0.25, 0.3) is 5.91 Å². The molecule has 0 aliphatic carbocycles. The summed E-state index contributed by atoms with van der Waals surface area (Å²) in [6.45, 7) is 4.02. The second-order valence-corrected chi connectivity index (χ2v) is 9.06. The van der Waals surface area contributed by atoms with Crippen molar-refractivity contribution in [3.05, 3.63) is 115 Å². The minimum Gasteiger partial charge on any atom is -0.450 e. The molecule has 0 saturated heterocycles. The van der Waals surface area contributed by atoms with Gasteiger partial charge in [-0.1, -0.05) is 46.3 Å². The number of nitrogens with zero attached hydrogens (tertiary/aromatic N) is 1. The maximum atomic E-state index is 13.7. The number of halogens is 2. The highest BCUT2D eigenvalue weighted by Gasteiger charge is 2.42. The summed E-state index contributed by atoms with van der Waals surface area (Å²) in [5.74, 6) is -0.621. The lowest BCUT2D eigenvalue weighted by atomic mass is 9.97. The Morgan fingerprint density at radius 1 is 1.00 bits per heavy atom. The summed E-state index contributed by atoms with van der Waals surface area (Å²) < 4.78 is 20.4. The zero-order chi connectivity index (χ0) is 22.6. The topological polar surface area (TPSA) is 50.5 Å². The Morgan fingerprint density at radius 2 is 1.69 bits per heavy atom. The van der Waals surface area contributed by atoms with E-state index in [9.17, 15) is 14.0 Å². The SMILES string of the molecule is Cc1cc(C)c2oc3c(c(=O)c2c1)C(c1ccc(Br)cc1)N(Cc1ccc(F)cc1)C3=O. The first-order valence-corrected chi connectivity index (χ1v) is 11.0. The fourth-order valence-electron chi connectivity index (χ4n) is 4.42. The van der Waals surface area contributed by atoms with Crippen molar-refractivity contribution in [1.29, 1.82) is 0 Å². The van der Waals surface area contributed by atoms with Gasteiger partial charge in [0.05, 0.1) is 17.0 Å². The number of carbonyl (C=O) groups excluding carboxylic acids is 1. The summed E-state index contributed by atoms with van der Waals surface area (Å²) in [6, 6.07) is 16.7. The summed E-state index contributed by atoms with van der Waals surface area (Å²) in [5, 5.41) is 0.472. The lowest BCUT2D eigenvalue weighted by molar-refractivity contribution is 0.0714. The van der Waals surface area contributed by atoms with Crippen molar-refractivity contribution in [3.63, 3.8) is 0 Å². The highest BCUT2D eigenvalue weighted by atomic mass is 79.9. The molecule has 0 saturated carbocycles. The molecule has 4 aromatic rings. The van der Waals surface area contributed by atoms with E-state index >= 15 is 0 Å². The monoisotopic (exact) mass is 491 g/mol. The number of aryl methyl sites for hydroxylation is 2. The summed E-state index contributed by atoms with van der Waals surface area (Å²) in [7, 11) is 0. The Hall–Kier alpha value is -3.25. The molecule has 1 aliphatic rings. The van der Waals surface area contributed by atoms with Gasteiger partial charge in [0.1, 0.15) is 11.4 Å². The fraction of sp³-hybridized carbons (Fsp3) is 0.154. The largest absolute Gasteiger partial charge is 0.450 e. The Labute approximate surface area is 192 Å². The Morgan fingerprint density at radius 3 is 2.38 bits per heavy atom. The van der Waals surface area contributed by atoms with Crippen molar-refractivity contribution < 1.29 is 13.6 Å². The third-order valence-electron chi connectivity index (χ3n) is 5.85. The van der Waals surface area contributed by atoms with Crippen LogP contribution in [0.5, 0.6) is 0 Å². The van der Waals surface area contributed by atoms with Crippen LogP contribution in [-0.2, 0) is 6.54 Å². The smallest absolute Gasteiger partial charge is 0.291 e. The molecule has 32 heavy (non-hydrogen) atoms. The van der Waals surface area contributed by atoms with Gasteiger partial charge in [-0.25, -0.2) is 4.39 Å². The van der Waals surface area contributed by atoms with Crippen molar-refractivity contribution in [3.8, 4) is 0 Å². The van der Waals surface area contributed by atoms with E-state index in [1.165, 1.54) is 12.1 Å².